The number of methoxy groups -OCH3 is 1. The maximum absolute atomic E-state index is 13.0. The van der Waals surface area contributed by atoms with Crippen LogP contribution in [0.1, 0.15) is 23.2 Å². The van der Waals surface area contributed by atoms with Crippen LogP contribution in [0.15, 0.2) is 24.3 Å². The van der Waals surface area contributed by atoms with Crippen LogP contribution in [0.3, 0.4) is 0 Å². The number of nitrogens with two attached hydrogens (primary N) is 1. The van der Waals surface area contributed by atoms with Crippen LogP contribution in [0.2, 0.25) is 0 Å². The molecule has 26 heavy (non-hydrogen) atoms. The smallest absolute Gasteiger partial charge is 0.253 e. The minimum Gasteiger partial charge on any atom is -0.497 e. The van der Waals surface area contributed by atoms with Crippen LogP contribution in [-0.4, -0.2) is 74.7 Å². The van der Waals surface area contributed by atoms with Crippen molar-refractivity contribution in [3.05, 3.63) is 29.8 Å². The fourth-order valence-electron chi connectivity index (χ4n) is 3.63. The van der Waals surface area contributed by atoms with Gasteiger partial charge in [-0.2, -0.15) is 0 Å². The lowest BCUT2D eigenvalue weighted by Crippen LogP contribution is -2.57. The second-order valence-corrected chi connectivity index (χ2v) is 6.91. The van der Waals surface area contributed by atoms with Crippen LogP contribution in [0.4, 0.5) is 0 Å². The van der Waals surface area contributed by atoms with E-state index in [1.807, 2.05) is 4.90 Å². The summed E-state index contributed by atoms with van der Waals surface area (Å²) >= 11 is 0. The third-order valence-corrected chi connectivity index (χ3v) is 5.49. The SMILES string of the molecule is COc1ccc(C(=O)N2CCN(C(=O)C3(CN)CCOCC3)CC2)cc1. The number of piperazine rings is 1. The molecule has 2 saturated heterocycles. The topological polar surface area (TPSA) is 85.1 Å². The van der Waals surface area contributed by atoms with Crippen molar-refractivity contribution >= 4 is 11.8 Å². The molecule has 1 aromatic rings. The van der Waals surface area contributed by atoms with E-state index in [1.165, 1.54) is 0 Å². The van der Waals surface area contributed by atoms with Crippen molar-refractivity contribution < 1.29 is 19.1 Å². The van der Waals surface area contributed by atoms with E-state index < -0.39 is 5.41 Å². The van der Waals surface area contributed by atoms with E-state index in [1.54, 1.807) is 36.3 Å². The lowest BCUT2D eigenvalue weighted by molar-refractivity contribution is -0.148. The minimum absolute atomic E-state index is 0.0145. The van der Waals surface area contributed by atoms with Crippen LogP contribution in [0, 0.1) is 5.41 Å². The molecule has 2 fully saturated rings. The summed E-state index contributed by atoms with van der Waals surface area (Å²) in [5.41, 5.74) is 6.08. The Labute approximate surface area is 154 Å². The van der Waals surface area contributed by atoms with Gasteiger partial charge in [-0.1, -0.05) is 0 Å². The molecule has 0 aliphatic carbocycles. The molecule has 2 amide bonds. The largest absolute Gasteiger partial charge is 0.497 e. The predicted octanol–water partition coefficient (Wildman–Crippen LogP) is 0.735. The Balaban J connectivity index is 1.59. The molecule has 0 radical (unpaired) electrons. The summed E-state index contributed by atoms with van der Waals surface area (Å²) < 4.78 is 10.5. The number of benzene rings is 1. The fourth-order valence-corrected chi connectivity index (χ4v) is 3.63. The van der Waals surface area contributed by atoms with Crippen molar-refractivity contribution in [2.24, 2.45) is 11.1 Å². The number of amides is 2. The summed E-state index contributed by atoms with van der Waals surface area (Å²) in [5.74, 6) is 0.819. The molecule has 7 nitrogen and oxygen atoms in total. The van der Waals surface area contributed by atoms with Crippen molar-refractivity contribution in [1.82, 2.24) is 9.80 Å². The van der Waals surface area contributed by atoms with Gasteiger partial charge in [-0.3, -0.25) is 9.59 Å². The molecule has 0 unspecified atom stereocenters. The van der Waals surface area contributed by atoms with Gasteiger partial charge in [0.15, 0.2) is 0 Å². The lowest BCUT2D eigenvalue weighted by atomic mass is 9.78. The first-order valence-corrected chi connectivity index (χ1v) is 9.10. The van der Waals surface area contributed by atoms with Crippen LogP contribution in [-0.2, 0) is 9.53 Å². The predicted molar refractivity (Wildman–Crippen MR) is 97.0 cm³/mol. The Morgan fingerprint density at radius 2 is 1.65 bits per heavy atom. The Hall–Kier alpha value is -2.12. The van der Waals surface area contributed by atoms with Gasteiger partial charge in [0, 0.05) is 51.5 Å². The average molecular weight is 361 g/mol. The molecule has 2 N–H and O–H groups in total. The first kappa shape index (κ1) is 18.7. The summed E-state index contributed by atoms with van der Waals surface area (Å²) in [4.78, 5) is 29.3. The van der Waals surface area contributed by atoms with Gasteiger partial charge in [0.25, 0.3) is 5.91 Å². The summed E-state index contributed by atoms with van der Waals surface area (Å²) in [5, 5.41) is 0. The highest BCUT2D eigenvalue weighted by Crippen LogP contribution is 2.32. The van der Waals surface area contributed by atoms with Gasteiger partial charge in [-0.25, -0.2) is 0 Å². The Kier molecular flexibility index (Phi) is 5.78. The number of rotatable bonds is 4. The van der Waals surface area contributed by atoms with Crippen molar-refractivity contribution in [3.8, 4) is 5.75 Å². The summed E-state index contributed by atoms with van der Waals surface area (Å²) in [6.45, 7) is 3.67. The zero-order valence-electron chi connectivity index (χ0n) is 15.3. The maximum Gasteiger partial charge on any atom is 0.253 e. The van der Waals surface area contributed by atoms with Crippen LogP contribution in [0.25, 0.3) is 0 Å². The van der Waals surface area contributed by atoms with Crippen molar-refractivity contribution in [3.63, 3.8) is 0 Å². The van der Waals surface area contributed by atoms with Crippen LogP contribution >= 0.6 is 0 Å². The third kappa shape index (κ3) is 3.68. The standard InChI is InChI=1S/C19H27N3O4/c1-25-16-4-2-15(3-5-16)17(23)21-8-10-22(11-9-21)18(24)19(14-20)6-12-26-13-7-19/h2-5H,6-14,20H2,1H3. The van der Waals surface area contributed by atoms with Crippen LogP contribution < -0.4 is 10.5 Å². The first-order valence-electron chi connectivity index (χ1n) is 9.10. The van der Waals surface area contributed by atoms with E-state index in [4.69, 9.17) is 15.2 Å². The zero-order chi connectivity index (χ0) is 18.6. The number of carbonyl (C=O) groups excluding carboxylic acids is 2. The second kappa shape index (κ2) is 8.05. The van der Waals surface area contributed by atoms with E-state index in [0.717, 1.165) is 5.75 Å². The van der Waals surface area contributed by atoms with Crippen molar-refractivity contribution in [2.45, 2.75) is 12.8 Å². The van der Waals surface area contributed by atoms with Gasteiger partial charge < -0.3 is 25.0 Å². The molecular formula is C19H27N3O4. The van der Waals surface area contributed by atoms with E-state index in [0.29, 0.717) is 64.3 Å². The summed E-state index contributed by atoms with van der Waals surface area (Å²) in [6, 6.07) is 7.10. The van der Waals surface area contributed by atoms with Crippen molar-refractivity contribution in [1.29, 1.82) is 0 Å². The zero-order valence-corrected chi connectivity index (χ0v) is 15.3. The summed E-state index contributed by atoms with van der Waals surface area (Å²) in [7, 11) is 1.60. The minimum atomic E-state index is -0.500. The molecule has 3 rings (SSSR count). The van der Waals surface area contributed by atoms with E-state index in [2.05, 4.69) is 0 Å². The highest BCUT2D eigenvalue weighted by Gasteiger charge is 2.42. The monoisotopic (exact) mass is 361 g/mol. The van der Waals surface area contributed by atoms with Gasteiger partial charge >= 0.3 is 0 Å². The van der Waals surface area contributed by atoms with Gasteiger partial charge in [-0.15, -0.1) is 0 Å². The molecule has 0 spiro atoms. The molecule has 7 heteroatoms. The van der Waals surface area contributed by atoms with E-state index in [-0.39, 0.29) is 11.8 Å². The molecule has 0 atom stereocenters. The highest BCUT2D eigenvalue weighted by atomic mass is 16.5. The first-order chi connectivity index (χ1) is 12.6. The summed E-state index contributed by atoms with van der Waals surface area (Å²) in [6.07, 6.45) is 1.35. The molecular weight excluding hydrogens is 334 g/mol. The van der Waals surface area contributed by atoms with E-state index >= 15 is 0 Å². The molecule has 142 valence electrons. The number of carbonyl (C=O) groups is 2. The van der Waals surface area contributed by atoms with E-state index in [9.17, 15) is 9.59 Å². The number of hydrogen-bond acceptors (Lipinski definition) is 5. The molecule has 2 aliphatic heterocycles. The van der Waals surface area contributed by atoms with Crippen molar-refractivity contribution in [2.75, 3.05) is 53.0 Å². The Morgan fingerprint density at radius 1 is 1.08 bits per heavy atom. The number of nitrogens with zero attached hydrogens (tertiary/aromatic N) is 2. The van der Waals surface area contributed by atoms with Gasteiger partial charge in [0.2, 0.25) is 5.91 Å². The van der Waals surface area contributed by atoms with Gasteiger partial charge in [0.1, 0.15) is 5.75 Å². The fraction of sp³-hybridized carbons (Fsp3) is 0.579. The highest BCUT2D eigenvalue weighted by molar-refractivity contribution is 5.94. The van der Waals surface area contributed by atoms with Crippen LogP contribution in [0.5, 0.6) is 5.75 Å². The normalized spacial score (nSPS) is 19.9. The lowest BCUT2D eigenvalue weighted by Gasteiger charge is -2.42. The molecule has 2 aliphatic rings. The Bertz CT molecular complexity index is 633. The molecule has 1 aromatic carbocycles. The van der Waals surface area contributed by atoms with Gasteiger partial charge in [0.05, 0.1) is 12.5 Å². The third-order valence-electron chi connectivity index (χ3n) is 5.49. The Morgan fingerprint density at radius 3 is 2.19 bits per heavy atom. The quantitative estimate of drug-likeness (QED) is 0.855. The molecule has 0 bridgehead atoms. The maximum atomic E-state index is 13.0. The molecule has 2 heterocycles. The van der Waals surface area contributed by atoms with Gasteiger partial charge in [-0.05, 0) is 37.1 Å². The number of ether oxygens (including phenoxy) is 2. The number of hydrogen-bond donors (Lipinski definition) is 1. The molecule has 0 saturated carbocycles. The molecule has 0 aromatic heterocycles. The second-order valence-electron chi connectivity index (χ2n) is 6.91. The average Bonchev–Trinajstić information content (AvgIpc) is 2.73.